The molecule has 4 unspecified atom stereocenters. The van der Waals surface area contributed by atoms with E-state index in [9.17, 15) is 0 Å². The zero-order valence-corrected chi connectivity index (χ0v) is 44.4. The summed E-state index contributed by atoms with van der Waals surface area (Å²) in [6.45, 7) is 26.1. The Bertz CT molecular complexity index is 1810. The molecule has 0 N–H and O–H groups in total. The first-order valence-corrected chi connectivity index (χ1v) is 31.4. The molecule has 4 aromatic heterocycles. The summed E-state index contributed by atoms with van der Waals surface area (Å²) in [4.78, 5) is 0. The predicted molar refractivity (Wildman–Crippen MR) is 228 cm³/mol. The third kappa shape index (κ3) is 18.6. The fourth-order valence-corrected chi connectivity index (χ4v) is 6.11. The van der Waals surface area contributed by atoms with E-state index in [0.717, 1.165) is 45.3 Å². The molecule has 4 aliphatic carbocycles. The van der Waals surface area contributed by atoms with Gasteiger partial charge < -0.3 is 42.5 Å². The van der Waals surface area contributed by atoms with Crippen LogP contribution in [0.1, 0.15) is 78.4 Å². The minimum absolute atomic E-state index is 0. The topological polar surface area (TPSA) is 52.6 Å². The van der Waals surface area contributed by atoms with Gasteiger partial charge in [0.2, 0.25) is 0 Å². The average molecular weight is 1010 g/mol. The van der Waals surface area contributed by atoms with E-state index in [4.69, 9.17) is 17.7 Å². The van der Waals surface area contributed by atoms with Crippen LogP contribution in [-0.2, 0) is 46.7 Å². The van der Waals surface area contributed by atoms with E-state index >= 15 is 0 Å². The molecule has 0 fully saturated rings. The Hall–Kier alpha value is -2.18. The summed E-state index contributed by atoms with van der Waals surface area (Å²) in [6, 6.07) is 15.5. The van der Waals surface area contributed by atoms with E-state index in [1.54, 1.807) is 71.7 Å². The summed E-state index contributed by atoms with van der Waals surface area (Å²) in [7, 11) is 0. The maximum Gasteiger partial charge on any atom is -1.00 e. The zero-order chi connectivity index (χ0) is 41.4. The molecule has 8 rings (SSSR count). The van der Waals surface area contributed by atoms with Crippen LogP contribution in [0.2, 0.25) is 26.2 Å². The smallest absolute Gasteiger partial charge is 1.00 e. The Morgan fingerprint density at radius 2 is 0.586 bits per heavy atom. The molecular formula is C48H56Cl2O4Si2Zr2-2. The Morgan fingerprint density at radius 3 is 0.690 bits per heavy atom. The summed E-state index contributed by atoms with van der Waals surface area (Å²) in [5.74, 6) is 5.38. The van der Waals surface area contributed by atoms with E-state index in [1.165, 1.54) is 22.3 Å². The Morgan fingerprint density at radius 1 is 0.414 bits per heavy atom. The number of hydrogen-bond donors (Lipinski definition) is 0. The van der Waals surface area contributed by atoms with Gasteiger partial charge in [0, 0.05) is 23.0 Å². The minimum atomic E-state index is 0. The van der Waals surface area contributed by atoms with Gasteiger partial charge in [-0.1, -0.05) is 103 Å². The predicted octanol–water partition coefficient (Wildman–Crippen LogP) is 7.83. The fraction of sp³-hybridized carbons (Fsp3) is 0.333. The van der Waals surface area contributed by atoms with Crippen LogP contribution >= 0.6 is 0 Å². The van der Waals surface area contributed by atoms with Gasteiger partial charge in [-0.25, -0.2) is 0 Å². The average Bonchev–Trinajstić information content (AvgIpc) is 3.95. The van der Waals surface area contributed by atoms with Crippen molar-refractivity contribution in [3.63, 3.8) is 0 Å². The Balaban J connectivity index is 0.000000360. The van der Waals surface area contributed by atoms with Crippen molar-refractivity contribution < 1.29 is 89.2 Å². The van der Waals surface area contributed by atoms with E-state index in [-0.39, 0.29) is 35.7 Å². The minimum Gasteiger partial charge on any atom is -1.00 e. The molecule has 304 valence electrons. The van der Waals surface area contributed by atoms with Gasteiger partial charge in [0.15, 0.2) is 0 Å². The Kier molecular flexibility index (Phi) is 25.6. The van der Waals surface area contributed by atoms with Crippen molar-refractivity contribution in [2.45, 2.75) is 81.6 Å². The standard InChI is InChI=1S/4C11H11O.2C2H6Si.2ClH.2Zr/c4*1-8-6-9(2)10(7-8)11-4-3-5-12-11;2*1-3-2;;;;/h4*3-6,8H,1-2H3;2*1-2H3;2*1H;;/q4*-1;;;;;2*+2/p-2. The molecule has 10 heteroatoms. The second kappa shape index (κ2) is 27.6. The largest absolute Gasteiger partial charge is 1.00 e. The molecule has 4 nitrogen and oxygen atoms in total. The van der Waals surface area contributed by atoms with Crippen LogP contribution in [0.5, 0.6) is 0 Å². The molecule has 0 saturated heterocycles. The molecule has 0 aliphatic heterocycles. The molecule has 0 radical (unpaired) electrons. The van der Waals surface area contributed by atoms with Gasteiger partial charge in [-0.2, -0.15) is 68.9 Å². The van der Waals surface area contributed by atoms with Crippen molar-refractivity contribution >= 4 is 33.2 Å². The number of allylic oxidation sites excluding steroid dienone is 16. The summed E-state index contributed by atoms with van der Waals surface area (Å²) < 4.78 is 21.2. The third-order valence-corrected chi connectivity index (χ3v) is 8.14. The maximum atomic E-state index is 5.30. The van der Waals surface area contributed by atoms with E-state index in [0.29, 0.717) is 23.7 Å². The zero-order valence-electron chi connectivity index (χ0n) is 35.9. The van der Waals surface area contributed by atoms with Crippen LogP contribution in [0.4, 0.5) is 0 Å². The summed E-state index contributed by atoms with van der Waals surface area (Å²) in [5.41, 5.74) is 9.94. The number of hydrogen-bond acceptors (Lipinski definition) is 4. The van der Waals surface area contributed by atoms with Gasteiger partial charge >= 0.3 is 83.7 Å². The van der Waals surface area contributed by atoms with Crippen LogP contribution in [0.25, 0.3) is 22.3 Å². The molecule has 0 spiro atoms. The maximum absolute atomic E-state index is 5.30. The van der Waals surface area contributed by atoms with Crippen molar-refractivity contribution in [1.29, 1.82) is 0 Å². The first-order valence-electron chi connectivity index (χ1n) is 19.0. The SMILES string of the molecule is CC1=CC(C)[C-]=C1c1ccco1.CC1=CC(C)[C-]=C1c1ccco1.CC1=CC(C)[C-]=C1c1ccco1.CC1=CC(C)[C-]=C1c1ccco1.C[Si](C)=[Zr+2].C[Si](C)=[Zr+2].[Cl-].[Cl-]. The van der Waals surface area contributed by atoms with E-state index in [1.807, 2.05) is 48.5 Å². The quantitative estimate of drug-likeness (QED) is 0.155. The van der Waals surface area contributed by atoms with Crippen LogP contribution < -0.4 is 24.8 Å². The molecule has 58 heavy (non-hydrogen) atoms. The number of furan rings is 4. The Labute approximate surface area is 391 Å². The summed E-state index contributed by atoms with van der Waals surface area (Å²) in [5, 5.41) is 0. The van der Waals surface area contributed by atoms with Crippen molar-refractivity contribution in [3.8, 4) is 0 Å². The van der Waals surface area contributed by atoms with Gasteiger partial charge in [-0.3, -0.25) is 0 Å². The van der Waals surface area contributed by atoms with Crippen LogP contribution in [0.15, 0.2) is 138 Å². The van der Waals surface area contributed by atoms with Gasteiger partial charge in [-0.15, -0.1) is 24.3 Å². The van der Waals surface area contributed by atoms with Crippen molar-refractivity contribution in [2.24, 2.45) is 23.7 Å². The molecule has 4 heterocycles. The number of halogens is 2. The summed E-state index contributed by atoms with van der Waals surface area (Å²) in [6.07, 6.45) is 28.9. The third-order valence-electron chi connectivity index (χ3n) is 8.14. The van der Waals surface area contributed by atoms with Gasteiger partial charge in [0.25, 0.3) is 0 Å². The van der Waals surface area contributed by atoms with Gasteiger partial charge in [0.1, 0.15) is 0 Å². The normalized spacial score (nSPS) is 19.4. The molecule has 4 aromatic rings. The molecule has 0 bridgehead atoms. The van der Waals surface area contributed by atoms with Crippen LogP contribution in [0.3, 0.4) is 0 Å². The first kappa shape index (κ1) is 53.8. The van der Waals surface area contributed by atoms with Crippen LogP contribution in [-0.4, -0.2) is 10.9 Å². The number of rotatable bonds is 4. The molecule has 4 atom stereocenters. The van der Waals surface area contributed by atoms with Crippen molar-refractivity contribution in [2.75, 3.05) is 0 Å². The van der Waals surface area contributed by atoms with E-state index < -0.39 is 0 Å². The second-order valence-corrected chi connectivity index (χ2v) is 33.3. The summed E-state index contributed by atoms with van der Waals surface area (Å²) >= 11 is 3.48. The van der Waals surface area contributed by atoms with Crippen molar-refractivity contribution in [3.05, 3.63) is 168 Å². The van der Waals surface area contributed by atoms with Gasteiger partial charge in [0.05, 0.1) is 25.1 Å². The van der Waals surface area contributed by atoms with Crippen molar-refractivity contribution in [1.82, 2.24) is 0 Å². The van der Waals surface area contributed by atoms with E-state index in [2.05, 4.69) is 130 Å². The van der Waals surface area contributed by atoms with Gasteiger partial charge in [-0.05, 0) is 24.3 Å². The first-order chi connectivity index (χ1) is 26.5. The monoisotopic (exact) mass is 1000 g/mol. The molecule has 0 aromatic carbocycles. The fourth-order valence-electron chi connectivity index (χ4n) is 6.11. The molecular weight excluding hydrogens is 950 g/mol. The molecule has 0 amide bonds. The van der Waals surface area contributed by atoms with Crippen LogP contribution in [0, 0.1) is 48.0 Å². The molecule has 4 aliphatic rings. The molecule has 0 saturated carbocycles. The second-order valence-electron chi connectivity index (χ2n) is 14.5.